The van der Waals surface area contributed by atoms with Crippen LogP contribution in [0.3, 0.4) is 0 Å². The lowest BCUT2D eigenvalue weighted by Gasteiger charge is -1.89. The maximum Gasteiger partial charge on any atom is 0.111 e. The molecule has 1 heterocycles. The van der Waals surface area contributed by atoms with Crippen molar-refractivity contribution in [2.75, 3.05) is 6.67 Å². The molecule has 84 valence electrons. The number of nitrogens with zero attached hydrogens (tertiary/aromatic N) is 3. The van der Waals surface area contributed by atoms with E-state index in [1.165, 1.54) is 4.80 Å². The Morgan fingerprint density at radius 1 is 1.00 bits per heavy atom. The van der Waals surface area contributed by atoms with Gasteiger partial charge in [-0.15, -0.1) is 0 Å². The fourth-order valence-electron chi connectivity index (χ4n) is 0.689. The van der Waals surface area contributed by atoms with Gasteiger partial charge >= 0.3 is 0 Å². The first-order valence-electron chi connectivity index (χ1n) is 5.18. The van der Waals surface area contributed by atoms with Crippen LogP contribution in [0.25, 0.3) is 0 Å². The Hall–Kier alpha value is -0.930. The lowest BCUT2D eigenvalue weighted by atomic mass is 10.4. The molecule has 0 bridgehead atoms. The van der Waals surface area contributed by atoms with E-state index in [1.807, 2.05) is 41.5 Å². The summed E-state index contributed by atoms with van der Waals surface area (Å²) in [7, 11) is 0. The Morgan fingerprint density at radius 2 is 1.36 bits per heavy atom. The second-order valence-corrected chi connectivity index (χ2v) is 2.16. The molecule has 4 heteroatoms. The maximum atomic E-state index is 11.7. The monoisotopic (exact) mass is 203 g/mol. The van der Waals surface area contributed by atoms with Gasteiger partial charge in [-0.2, -0.15) is 15.0 Å². The van der Waals surface area contributed by atoms with Gasteiger partial charge in [0.05, 0.1) is 17.9 Å². The van der Waals surface area contributed by atoms with Gasteiger partial charge in [-0.1, -0.05) is 27.7 Å². The summed E-state index contributed by atoms with van der Waals surface area (Å²) in [5, 5.41) is 7.93. The number of hydrogen-bond donors (Lipinski definition) is 0. The molecule has 0 aliphatic rings. The quantitative estimate of drug-likeness (QED) is 0.740. The summed E-state index contributed by atoms with van der Waals surface area (Å²) >= 11 is 0. The molecule has 1 rings (SSSR count). The molecule has 3 nitrogen and oxygen atoms in total. The Morgan fingerprint density at radius 3 is 1.64 bits per heavy atom. The highest BCUT2D eigenvalue weighted by molar-refractivity contribution is 5.02. The predicted octanol–water partition coefficient (Wildman–Crippen LogP) is 2.92. The second kappa shape index (κ2) is 10.2. The van der Waals surface area contributed by atoms with E-state index >= 15 is 0 Å². The molecular weight excluding hydrogens is 181 g/mol. The van der Waals surface area contributed by atoms with E-state index in [0.29, 0.717) is 0 Å². The molecule has 1 aromatic rings. The van der Waals surface area contributed by atoms with Gasteiger partial charge < -0.3 is 0 Å². The third kappa shape index (κ3) is 5.67. The summed E-state index contributed by atoms with van der Waals surface area (Å²) < 4.78 is 11.7. The minimum Gasteiger partial charge on any atom is -0.249 e. The number of alkyl halides is 1. The number of aromatic nitrogens is 3. The zero-order valence-electron chi connectivity index (χ0n) is 10.1. The van der Waals surface area contributed by atoms with Crippen LogP contribution in [0, 0.1) is 13.8 Å². The maximum absolute atomic E-state index is 11.7. The van der Waals surface area contributed by atoms with E-state index in [9.17, 15) is 4.39 Å². The standard InChI is InChI=1S/C6H10FN3.2C2H6/c1-5-6(2)9-10(8-5)4-3-7;2*1-2/h3-4H2,1-2H3;2*1-2H3. The van der Waals surface area contributed by atoms with Gasteiger partial charge in [0.25, 0.3) is 0 Å². The van der Waals surface area contributed by atoms with Crippen LogP contribution >= 0.6 is 0 Å². The molecule has 0 radical (unpaired) electrons. The van der Waals surface area contributed by atoms with Crippen LogP contribution in [0.4, 0.5) is 4.39 Å². The molecule has 0 amide bonds. The average molecular weight is 203 g/mol. The van der Waals surface area contributed by atoms with Crippen molar-refractivity contribution in [2.24, 2.45) is 0 Å². The van der Waals surface area contributed by atoms with Gasteiger partial charge in [0, 0.05) is 0 Å². The summed E-state index contributed by atoms with van der Waals surface area (Å²) in [6.45, 7) is 11.6. The van der Waals surface area contributed by atoms with E-state index in [1.54, 1.807) is 0 Å². The van der Waals surface area contributed by atoms with Crippen LogP contribution < -0.4 is 0 Å². The number of halogens is 1. The highest BCUT2D eigenvalue weighted by Gasteiger charge is 1.99. The van der Waals surface area contributed by atoms with Gasteiger partial charge in [-0.25, -0.2) is 4.39 Å². The van der Waals surface area contributed by atoms with Crippen molar-refractivity contribution in [2.45, 2.75) is 48.1 Å². The normalized spacial score (nSPS) is 8.21. The van der Waals surface area contributed by atoms with Crippen molar-refractivity contribution in [3.8, 4) is 0 Å². The van der Waals surface area contributed by atoms with Crippen LogP contribution in [0.1, 0.15) is 39.1 Å². The number of hydrogen-bond acceptors (Lipinski definition) is 2. The molecule has 0 unspecified atom stereocenters. The van der Waals surface area contributed by atoms with E-state index in [2.05, 4.69) is 10.2 Å². The average Bonchev–Trinajstić information content (AvgIpc) is 2.53. The molecule has 0 atom stereocenters. The Kier molecular flexibility index (Phi) is 11.3. The third-order valence-corrected chi connectivity index (χ3v) is 1.34. The lowest BCUT2D eigenvalue weighted by molar-refractivity contribution is 0.400. The molecule has 0 N–H and O–H groups in total. The van der Waals surface area contributed by atoms with Gasteiger partial charge in [-0.05, 0) is 13.8 Å². The molecule has 0 aliphatic heterocycles. The minimum absolute atomic E-state index is 0.259. The Bertz CT molecular complexity index is 202. The van der Waals surface area contributed by atoms with E-state index < -0.39 is 6.67 Å². The van der Waals surface area contributed by atoms with Gasteiger partial charge in [-0.3, -0.25) is 0 Å². The molecule has 1 aromatic heterocycles. The van der Waals surface area contributed by atoms with Crippen LogP contribution in [0.2, 0.25) is 0 Å². The Labute approximate surface area is 86.3 Å². The molecular formula is C10H22FN3. The van der Waals surface area contributed by atoms with Crippen molar-refractivity contribution in [3.05, 3.63) is 11.4 Å². The van der Waals surface area contributed by atoms with Gasteiger partial charge in [0.15, 0.2) is 0 Å². The summed E-state index contributed by atoms with van der Waals surface area (Å²) in [5.74, 6) is 0. The van der Waals surface area contributed by atoms with Crippen molar-refractivity contribution in [1.82, 2.24) is 15.0 Å². The largest absolute Gasteiger partial charge is 0.249 e. The van der Waals surface area contributed by atoms with Gasteiger partial charge in [0.2, 0.25) is 0 Å². The van der Waals surface area contributed by atoms with E-state index in [4.69, 9.17) is 0 Å². The fourth-order valence-corrected chi connectivity index (χ4v) is 0.689. The van der Waals surface area contributed by atoms with Crippen molar-refractivity contribution >= 4 is 0 Å². The summed E-state index contributed by atoms with van der Waals surface area (Å²) in [6.07, 6.45) is 0. The molecule has 0 aromatic carbocycles. The first-order valence-corrected chi connectivity index (χ1v) is 5.18. The van der Waals surface area contributed by atoms with Gasteiger partial charge in [0.1, 0.15) is 6.67 Å². The van der Waals surface area contributed by atoms with Crippen LogP contribution in [-0.4, -0.2) is 21.7 Å². The first-order chi connectivity index (χ1) is 6.74. The van der Waals surface area contributed by atoms with Crippen LogP contribution in [0.15, 0.2) is 0 Å². The summed E-state index contributed by atoms with van der Waals surface area (Å²) in [6, 6.07) is 0. The van der Waals surface area contributed by atoms with Crippen LogP contribution in [0.5, 0.6) is 0 Å². The van der Waals surface area contributed by atoms with Crippen molar-refractivity contribution in [1.29, 1.82) is 0 Å². The SMILES string of the molecule is CC.CC.Cc1nn(CCF)nc1C. The predicted molar refractivity (Wildman–Crippen MR) is 58.2 cm³/mol. The minimum atomic E-state index is -0.409. The molecule has 0 saturated carbocycles. The first kappa shape index (κ1) is 15.5. The third-order valence-electron chi connectivity index (χ3n) is 1.34. The summed E-state index contributed by atoms with van der Waals surface area (Å²) in [4.78, 5) is 1.38. The number of aryl methyl sites for hydroxylation is 3. The highest BCUT2D eigenvalue weighted by Crippen LogP contribution is 1.96. The topological polar surface area (TPSA) is 30.7 Å². The lowest BCUT2D eigenvalue weighted by Crippen LogP contribution is -2.03. The second-order valence-electron chi connectivity index (χ2n) is 2.16. The van der Waals surface area contributed by atoms with Crippen molar-refractivity contribution in [3.63, 3.8) is 0 Å². The summed E-state index contributed by atoms with van der Waals surface area (Å²) in [5.41, 5.74) is 1.74. The smallest absolute Gasteiger partial charge is 0.111 e. The zero-order valence-corrected chi connectivity index (χ0v) is 10.1. The molecule has 14 heavy (non-hydrogen) atoms. The number of rotatable bonds is 2. The molecule has 0 spiro atoms. The van der Waals surface area contributed by atoms with Crippen LogP contribution in [-0.2, 0) is 6.54 Å². The van der Waals surface area contributed by atoms with Crippen molar-refractivity contribution < 1.29 is 4.39 Å². The highest BCUT2D eigenvalue weighted by atomic mass is 19.1. The molecule has 0 aliphatic carbocycles. The van der Waals surface area contributed by atoms with E-state index in [-0.39, 0.29) is 6.54 Å². The fraction of sp³-hybridized carbons (Fsp3) is 0.800. The molecule has 0 fully saturated rings. The molecule has 0 saturated heterocycles. The zero-order chi connectivity index (χ0) is 11.6. The Balaban J connectivity index is 0. The van der Waals surface area contributed by atoms with E-state index in [0.717, 1.165) is 11.4 Å².